The molecule has 7 nitrogen and oxygen atoms in total. The predicted octanol–water partition coefficient (Wildman–Crippen LogP) is 3.65. The van der Waals surface area contributed by atoms with Gasteiger partial charge in [-0.25, -0.2) is 14.5 Å². The summed E-state index contributed by atoms with van der Waals surface area (Å²) in [5.74, 6) is -0.295. The molecule has 0 saturated carbocycles. The Morgan fingerprint density at radius 2 is 1.72 bits per heavy atom. The summed E-state index contributed by atoms with van der Waals surface area (Å²) in [7, 11) is 0. The molecule has 2 saturated heterocycles. The van der Waals surface area contributed by atoms with Crippen molar-refractivity contribution >= 4 is 18.1 Å². The highest BCUT2D eigenvalue weighted by Gasteiger charge is 2.49. The first-order valence-corrected chi connectivity index (χ1v) is 10.9. The van der Waals surface area contributed by atoms with Crippen LogP contribution in [0.1, 0.15) is 12.0 Å². The number of hydrogen-bond acceptors (Lipinski definition) is 5. The number of carbonyl (C=O) groups is 3. The Morgan fingerprint density at radius 3 is 2.44 bits per heavy atom. The molecule has 3 unspecified atom stereocenters. The lowest BCUT2D eigenvalue weighted by Gasteiger charge is -2.45. The molecule has 4 aliphatic rings. The van der Waals surface area contributed by atoms with Crippen molar-refractivity contribution in [3.05, 3.63) is 78.4 Å². The average Bonchev–Trinajstić information content (AvgIpc) is 3.19. The fourth-order valence-electron chi connectivity index (χ4n) is 4.82. The molecule has 1 aliphatic carbocycles. The second-order valence-electron chi connectivity index (χ2n) is 8.44. The number of cyclic esters (lactones) is 1. The third-order valence-electron chi connectivity index (χ3n) is 6.35. The van der Waals surface area contributed by atoms with Gasteiger partial charge in [0.25, 0.3) is 0 Å². The van der Waals surface area contributed by atoms with E-state index in [1.807, 2.05) is 48.6 Å². The van der Waals surface area contributed by atoms with Gasteiger partial charge in [0, 0.05) is 6.54 Å². The number of rotatable bonds is 4. The van der Waals surface area contributed by atoms with Crippen LogP contribution in [0.5, 0.6) is 5.75 Å². The maximum absolute atomic E-state index is 13.5. The molecule has 0 aromatic heterocycles. The number of amides is 3. The Morgan fingerprint density at radius 1 is 1.00 bits per heavy atom. The molecule has 164 valence electrons. The highest BCUT2D eigenvalue weighted by Crippen LogP contribution is 2.37. The lowest BCUT2D eigenvalue weighted by Crippen LogP contribution is -2.58. The van der Waals surface area contributed by atoms with E-state index in [0.29, 0.717) is 25.1 Å². The minimum atomic E-state index is -0.611. The zero-order valence-corrected chi connectivity index (χ0v) is 17.5. The van der Waals surface area contributed by atoms with Gasteiger partial charge in [0.05, 0.1) is 18.0 Å². The molecule has 3 heterocycles. The van der Waals surface area contributed by atoms with Crippen LogP contribution in [0.4, 0.5) is 9.59 Å². The third-order valence-corrected chi connectivity index (χ3v) is 6.35. The molecule has 3 aliphatic heterocycles. The molecule has 7 heteroatoms. The van der Waals surface area contributed by atoms with Gasteiger partial charge < -0.3 is 14.4 Å². The highest BCUT2D eigenvalue weighted by atomic mass is 16.6. The summed E-state index contributed by atoms with van der Waals surface area (Å²) in [6.45, 7) is 0.671. The Bertz CT molecular complexity index is 1040. The van der Waals surface area contributed by atoms with Crippen molar-refractivity contribution in [3.8, 4) is 5.75 Å². The number of hydrogen-bond donors (Lipinski definition) is 0. The second kappa shape index (κ2) is 8.49. The molecule has 0 spiro atoms. The Balaban J connectivity index is 1.33. The number of nitrogens with zero attached hydrogens (tertiary/aromatic N) is 2. The molecular formula is C25H24N2O5. The van der Waals surface area contributed by atoms with Crippen molar-refractivity contribution in [1.82, 2.24) is 9.80 Å². The van der Waals surface area contributed by atoms with Crippen LogP contribution in [0, 0.1) is 11.8 Å². The number of benzene rings is 2. The van der Waals surface area contributed by atoms with Crippen molar-refractivity contribution in [1.29, 1.82) is 0 Å². The Hall–Kier alpha value is -3.61. The third kappa shape index (κ3) is 3.86. The zero-order valence-electron chi connectivity index (χ0n) is 17.5. The van der Waals surface area contributed by atoms with Crippen molar-refractivity contribution < 1.29 is 23.9 Å². The first-order chi connectivity index (χ1) is 15.6. The second-order valence-corrected chi connectivity index (χ2v) is 8.44. The number of imide groups is 1. The zero-order chi connectivity index (χ0) is 22.1. The molecule has 2 aromatic carbocycles. The van der Waals surface area contributed by atoms with Crippen molar-refractivity contribution in [2.24, 2.45) is 11.8 Å². The van der Waals surface area contributed by atoms with E-state index in [2.05, 4.69) is 0 Å². The van der Waals surface area contributed by atoms with Gasteiger partial charge in [-0.15, -0.1) is 0 Å². The quantitative estimate of drug-likeness (QED) is 0.690. The maximum Gasteiger partial charge on any atom is 0.416 e. The molecule has 4 atom stereocenters. The van der Waals surface area contributed by atoms with Crippen molar-refractivity contribution in [2.75, 3.05) is 13.2 Å². The number of fused-ring (bicyclic) bond motifs is 2. The standard InChI is InChI=1S/C25H24N2O5/c28-23(27-19(16-31-25(27)30)13-17-7-3-1-4-8-17)21-14-18-11-12-22(21)26(15-18)24(29)32-20-9-5-2-6-10-20/h1-12,18-19,21-22H,13-16H2/t18?,19-,21?,22?/m0/s1. The first-order valence-electron chi connectivity index (χ1n) is 10.9. The largest absolute Gasteiger partial charge is 0.447 e. The lowest BCUT2D eigenvalue weighted by molar-refractivity contribution is -0.137. The van der Waals surface area contributed by atoms with Crippen molar-refractivity contribution in [2.45, 2.75) is 24.9 Å². The van der Waals surface area contributed by atoms with Crippen LogP contribution in [0.2, 0.25) is 0 Å². The lowest BCUT2D eigenvalue weighted by atomic mass is 9.77. The molecule has 0 radical (unpaired) electrons. The van der Waals surface area contributed by atoms with Gasteiger partial charge in [-0.1, -0.05) is 60.7 Å². The van der Waals surface area contributed by atoms with Crippen LogP contribution >= 0.6 is 0 Å². The van der Waals surface area contributed by atoms with E-state index in [9.17, 15) is 14.4 Å². The van der Waals surface area contributed by atoms with E-state index in [1.54, 1.807) is 29.2 Å². The smallest absolute Gasteiger partial charge is 0.416 e. The minimum Gasteiger partial charge on any atom is -0.447 e. The van der Waals surface area contributed by atoms with Crippen molar-refractivity contribution in [3.63, 3.8) is 0 Å². The van der Waals surface area contributed by atoms with Gasteiger partial charge in [0.1, 0.15) is 12.4 Å². The van der Waals surface area contributed by atoms with E-state index < -0.39 is 24.1 Å². The van der Waals surface area contributed by atoms with Gasteiger partial charge >= 0.3 is 12.2 Å². The monoisotopic (exact) mass is 432 g/mol. The SMILES string of the molecule is O=C(Oc1ccccc1)N1CC2C=CC1C(C(=O)N1C(=O)OC[C@@H]1Cc1ccccc1)C2. The Labute approximate surface area is 186 Å². The van der Waals surface area contributed by atoms with Crippen LogP contribution in [0.15, 0.2) is 72.8 Å². The highest BCUT2D eigenvalue weighted by molar-refractivity contribution is 5.95. The van der Waals surface area contributed by atoms with Crippen LogP contribution in [0.25, 0.3) is 0 Å². The number of ether oxygens (including phenoxy) is 2. The Kier molecular flexibility index (Phi) is 5.39. The fourth-order valence-corrected chi connectivity index (χ4v) is 4.82. The summed E-state index contributed by atoms with van der Waals surface area (Å²) in [6, 6.07) is 17.8. The normalized spacial score (nSPS) is 26.2. The summed E-state index contributed by atoms with van der Waals surface area (Å²) in [5.41, 5.74) is 1.03. The van der Waals surface area contributed by atoms with Crippen LogP contribution in [-0.2, 0) is 16.0 Å². The maximum atomic E-state index is 13.5. The van der Waals surface area contributed by atoms with Gasteiger partial charge in [-0.3, -0.25) is 4.79 Å². The predicted molar refractivity (Wildman–Crippen MR) is 116 cm³/mol. The summed E-state index contributed by atoms with van der Waals surface area (Å²) in [5, 5.41) is 0. The molecule has 6 rings (SSSR count). The van der Waals surface area contributed by atoms with Crippen LogP contribution in [-0.4, -0.2) is 53.1 Å². The number of carbonyl (C=O) groups excluding carboxylic acids is 3. The molecule has 3 amide bonds. The van der Waals surface area contributed by atoms with E-state index in [0.717, 1.165) is 5.56 Å². The van der Waals surface area contributed by atoms with Crippen LogP contribution < -0.4 is 4.74 Å². The van der Waals surface area contributed by atoms with E-state index >= 15 is 0 Å². The van der Waals surface area contributed by atoms with Gasteiger partial charge in [-0.05, 0) is 36.5 Å². The topological polar surface area (TPSA) is 76.2 Å². The summed E-state index contributed by atoms with van der Waals surface area (Å²) >= 11 is 0. The number of piperidine rings is 1. The molecule has 0 N–H and O–H groups in total. The number of para-hydroxylation sites is 1. The van der Waals surface area contributed by atoms with Gasteiger partial charge in [0.2, 0.25) is 5.91 Å². The molecule has 2 bridgehead atoms. The summed E-state index contributed by atoms with van der Waals surface area (Å²) < 4.78 is 10.8. The minimum absolute atomic E-state index is 0.0449. The fraction of sp³-hybridized carbons (Fsp3) is 0.320. The van der Waals surface area contributed by atoms with E-state index in [4.69, 9.17) is 9.47 Å². The van der Waals surface area contributed by atoms with E-state index in [-0.39, 0.29) is 24.5 Å². The van der Waals surface area contributed by atoms with Gasteiger partial charge in [-0.2, -0.15) is 0 Å². The van der Waals surface area contributed by atoms with Crippen LogP contribution in [0.3, 0.4) is 0 Å². The average molecular weight is 432 g/mol. The summed E-state index contributed by atoms with van der Waals surface area (Å²) in [6.07, 6.45) is 3.97. The van der Waals surface area contributed by atoms with E-state index in [1.165, 1.54) is 4.90 Å². The summed E-state index contributed by atoms with van der Waals surface area (Å²) in [4.78, 5) is 41.7. The molecule has 2 fully saturated rings. The molecule has 2 aromatic rings. The first kappa shape index (κ1) is 20.3. The molecule has 32 heavy (non-hydrogen) atoms. The molecular weight excluding hydrogens is 408 g/mol. The van der Waals surface area contributed by atoms with Gasteiger partial charge in [0.15, 0.2) is 0 Å².